The number of amides is 2. The van der Waals surface area contributed by atoms with Crippen molar-refractivity contribution >= 4 is 17.5 Å². The van der Waals surface area contributed by atoms with Crippen LogP contribution in [0.2, 0.25) is 0 Å². The van der Waals surface area contributed by atoms with E-state index in [2.05, 4.69) is 10.6 Å². The molecule has 1 unspecified atom stereocenters. The van der Waals surface area contributed by atoms with Gasteiger partial charge in [-0.3, -0.25) is 9.59 Å². The molecule has 0 spiro atoms. The SMILES string of the molecule is CCCNC(=O)CNC(=O)C(C)c1cccc(N)c1. The van der Waals surface area contributed by atoms with E-state index < -0.39 is 0 Å². The summed E-state index contributed by atoms with van der Waals surface area (Å²) in [4.78, 5) is 23.3. The van der Waals surface area contributed by atoms with Gasteiger partial charge >= 0.3 is 0 Å². The van der Waals surface area contributed by atoms with Crippen LogP contribution in [0.4, 0.5) is 5.69 Å². The second-order valence-corrected chi connectivity index (χ2v) is 4.46. The zero-order valence-corrected chi connectivity index (χ0v) is 11.4. The third-order valence-corrected chi connectivity index (χ3v) is 2.80. The van der Waals surface area contributed by atoms with Gasteiger partial charge in [0.2, 0.25) is 11.8 Å². The van der Waals surface area contributed by atoms with Crippen molar-refractivity contribution in [1.29, 1.82) is 0 Å². The smallest absolute Gasteiger partial charge is 0.239 e. The van der Waals surface area contributed by atoms with Gasteiger partial charge in [0, 0.05) is 12.2 Å². The van der Waals surface area contributed by atoms with Crippen molar-refractivity contribution in [3.63, 3.8) is 0 Å². The first kappa shape index (κ1) is 15.0. The van der Waals surface area contributed by atoms with Crippen molar-refractivity contribution in [2.24, 2.45) is 0 Å². The monoisotopic (exact) mass is 263 g/mol. The summed E-state index contributed by atoms with van der Waals surface area (Å²) in [5, 5.41) is 5.32. The molecule has 0 bridgehead atoms. The number of nitrogen functional groups attached to an aromatic ring is 1. The molecule has 104 valence electrons. The number of hydrogen-bond acceptors (Lipinski definition) is 3. The van der Waals surface area contributed by atoms with Crippen LogP contribution >= 0.6 is 0 Å². The molecule has 0 saturated heterocycles. The van der Waals surface area contributed by atoms with E-state index >= 15 is 0 Å². The minimum Gasteiger partial charge on any atom is -0.399 e. The standard InChI is InChI=1S/C14H21N3O2/c1-3-7-16-13(18)9-17-14(19)10(2)11-5-4-6-12(15)8-11/h4-6,8,10H,3,7,9,15H2,1-2H3,(H,16,18)(H,17,19). The van der Waals surface area contributed by atoms with Crippen LogP contribution < -0.4 is 16.4 Å². The van der Waals surface area contributed by atoms with Crippen LogP contribution in [0.25, 0.3) is 0 Å². The molecule has 0 radical (unpaired) electrons. The summed E-state index contributed by atoms with van der Waals surface area (Å²) in [5.41, 5.74) is 7.14. The Morgan fingerprint density at radius 2 is 2.05 bits per heavy atom. The topological polar surface area (TPSA) is 84.2 Å². The molecule has 0 fully saturated rings. The van der Waals surface area contributed by atoms with Crippen molar-refractivity contribution in [3.8, 4) is 0 Å². The van der Waals surface area contributed by atoms with Crippen LogP contribution in [0, 0.1) is 0 Å². The van der Waals surface area contributed by atoms with Crippen molar-refractivity contribution < 1.29 is 9.59 Å². The van der Waals surface area contributed by atoms with Crippen LogP contribution in [0.1, 0.15) is 31.7 Å². The highest BCUT2D eigenvalue weighted by Gasteiger charge is 2.15. The second-order valence-electron chi connectivity index (χ2n) is 4.46. The van der Waals surface area contributed by atoms with E-state index in [1.165, 1.54) is 0 Å². The lowest BCUT2D eigenvalue weighted by molar-refractivity contribution is -0.126. The van der Waals surface area contributed by atoms with E-state index in [4.69, 9.17) is 5.73 Å². The summed E-state index contributed by atoms with van der Waals surface area (Å²) < 4.78 is 0. The van der Waals surface area contributed by atoms with Gasteiger partial charge in [0.05, 0.1) is 12.5 Å². The minimum absolute atomic E-state index is 0.00545. The van der Waals surface area contributed by atoms with E-state index in [0.29, 0.717) is 12.2 Å². The second kappa shape index (κ2) is 7.41. The first-order valence-corrected chi connectivity index (χ1v) is 6.44. The van der Waals surface area contributed by atoms with Gasteiger partial charge in [0.25, 0.3) is 0 Å². The largest absolute Gasteiger partial charge is 0.399 e. The molecule has 5 heteroatoms. The van der Waals surface area contributed by atoms with Gasteiger partial charge in [0.15, 0.2) is 0 Å². The van der Waals surface area contributed by atoms with E-state index in [1.54, 1.807) is 19.1 Å². The summed E-state index contributed by atoms with van der Waals surface area (Å²) in [7, 11) is 0. The van der Waals surface area contributed by atoms with Gasteiger partial charge in [-0.05, 0) is 31.0 Å². The maximum Gasteiger partial charge on any atom is 0.239 e. The molecule has 1 aromatic rings. The van der Waals surface area contributed by atoms with E-state index in [-0.39, 0.29) is 24.3 Å². The lowest BCUT2D eigenvalue weighted by atomic mass is 10.00. The molecular weight excluding hydrogens is 242 g/mol. The van der Waals surface area contributed by atoms with Crippen LogP contribution in [-0.2, 0) is 9.59 Å². The third kappa shape index (κ3) is 4.99. The summed E-state index contributed by atoms with van der Waals surface area (Å²) >= 11 is 0. The quantitative estimate of drug-likeness (QED) is 0.670. The summed E-state index contributed by atoms with van der Waals surface area (Å²) in [6.07, 6.45) is 0.874. The Bertz CT molecular complexity index is 446. The normalized spacial score (nSPS) is 11.7. The molecule has 0 heterocycles. The summed E-state index contributed by atoms with van der Waals surface area (Å²) in [5.74, 6) is -0.685. The molecule has 19 heavy (non-hydrogen) atoms. The van der Waals surface area contributed by atoms with Crippen LogP contribution in [-0.4, -0.2) is 24.9 Å². The Kier molecular flexibility index (Phi) is 5.85. The van der Waals surface area contributed by atoms with Gasteiger partial charge in [-0.25, -0.2) is 0 Å². The molecule has 0 aliphatic carbocycles. The van der Waals surface area contributed by atoms with Gasteiger partial charge in [-0.2, -0.15) is 0 Å². The highest BCUT2D eigenvalue weighted by Crippen LogP contribution is 2.17. The Balaban J connectivity index is 2.47. The average Bonchev–Trinajstić information content (AvgIpc) is 2.41. The summed E-state index contributed by atoms with van der Waals surface area (Å²) in [6.45, 7) is 4.39. The Morgan fingerprint density at radius 1 is 1.32 bits per heavy atom. The van der Waals surface area contributed by atoms with Crippen molar-refractivity contribution in [2.75, 3.05) is 18.8 Å². The average molecular weight is 263 g/mol. The first-order valence-electron chi connectivity index (χ1n) is 6.44. The lowest BCUT2D eigenvalue weighted by Crippen LogP contribution is -2.38. The third-order valence-electron chi connectivity index (χ3n) is 2.80. The van der Waals surface area contributed by atoms with Crippen molar-refractivity contribution in [3.05, 3.63) is 29.8 Å². The number of rotatable bonds is 6. The lowest BCUT2D eigenvalue weighted by Gasteiger charge is -2.13. The maximum atomic E-state index is 11.9. The number of benzene rings is 1. The number of carbonyl (C=O) groups excluding carboxylic acids is 2. The van der Waals surface area contributed by atoms with Gasteiger partial charge in [0.1, 0.15) is 0 Å². The van der Waals surface area contributed by atoms with Crippen LogP contribution in [0.15, 0.2) is 24.3 Å². The number of nitrogens with one attached hydrogen (secondary N) is 2. The predicted molar refractivity (Wildman–Crippen MR) is 75.6 cm³/mol. The molecule has 1 aromatic carbocycles. The van der Waals surface area contributed by atoms with Crippen LogP contribution in [0.3, 0.4) is 0 Å². The Labute approximate surface area is 113 Å². The Hall–Kier alpha value is -2.04. The number of hydrogen-bond donors (Lipinski definition) is 3. The highest BCUT2D eigenvalue weighted by atomic mass is 16.2. The van der Waals surface area contributed by atoms with Gasteiger partial charge in [-0.1, -0.05) is 19.1 Å². The first-order chi connectivity index (χ1) is 9.04. The maximum absolute atomic E-state index is 11.9. The highest BCUT2D eigenvalue weighted by molar-refractivity contribution is 5.88. The zero-order chi connectivity index (χ0) is 14.3. The van der Waals surface area contributed by atoms with E-state index in [0.717, 1.165) is 12.0 Å². The van der Waals surface area contributed by atoms with Gasteiger partial charge in [-0.15, -0.1) is 0 Å². The van der Waals surface area contributed by atoms with E-state index in [1.807, 2.05) is 19.1 Å². The minimum atomic E-state index is -0.331. The fourth-order valence-corrected chi connectivity index (χ4v) is 1.63. The molecule has 0 aliphatic heterocycles. The number of carbonyl (C=O) groups is 2. The summed E-state index contributed by atoms with van der Waals surface area (Å²) in [6, 6.07) is 7.19. The number of nitrogens with two attached hydrogens (primary N) is 1. The molecule has 0 aliphatic rings. The molecule has 4 N–H and O–H groups in total. The molecular formula is C14H21N3O2. The fraction of sp³-hybridized carbons (Fsp3) is 0.429. The van der Waals surface area contributed by atoms with Crippen LogP contribution in [0.5, 0.6) is 0 Å². The van der Waals surface area contributed by atoms with Gasteiger partial charge < -0.3 is 16.4 Å². The molecule has 5 nitrogen and oxygen atoms in total. The molecule has 2 amide bonds. The fourth-order valence-electron chi connectivity index (χ4n) is 1.63. The van der Waals surface area contributed by atoms with Crippen molar-refractivity contribution in [2.45, 2.75) is 26.2 Å². The molecule has 1 rings (SSSR count). The van der Waals surface area contributed by atoms with E-state index in [9.17, 15) is 9.59 Å². The molecule has 1 atom stereocenters. The zero-order valence-electron chi connectivity index (χ0n) is 11.4. The molecule has 0 saturated carbocycles. The predicted octanol–water partition coefficient (Wildman–Crippen LogP) is 1.01. The van der Waals surface area contributed by atoms with Crippen molar-refractivity contribution in [1.82, 2.24) is 10.6 Å². The number of anilines is 1. The Morgan fingerprint density at radius 3 is 2.68 bits per heavy atom. The molecule has 0 aromatic heterocycles.